The van der Waals surface area contributed by atoms with Gasteiger partial charge in [0.1, 0.15) is 11.5 Å². The third kappa shape index (κ3) is 13.3. The molecule has 0 radical (unpaired) electrons. The summed E-state index contributed by atoms with van der Waals surface area (Å²) < 4.78 is 4.94. The summed E-state index contributed by atoms with van der Waals surface area (Å²) in [6.07, 6.45) is 19.1. The van der Waals surface area contributed by atoms with Crippen LogP contribution in [0.15, 0.2) is 12.1 Å². The summed E-state index contributed by atoms with van der Waals surface area (Å²) in [5.74, 6) is -1.12. The van der Waals surface area contributed by atoms with Crippen molar-refractivity contribution < 1.29 is 24.5 Å². The number of carbonyl (C=O) groups is 2. The molecule has 0 aliphatic rings. The van der Waals surface area contributed by atoms with Crippen molar-refractivity contribution in [2.75, 3.05) is 6.61 Å². The largest absolute Gasteiger partial charge is 0.508 e. The van der Waals surface area contributed by atoms with Gasteiger partial charge in [-0.3, -0.25) is 9.59 Å². The van der Waals surface area contributed by atoms with Crippen molar-refractivity contribution in [3.8, 4) is 11.5 Å². The van der Waals surface area contributed by atoms with Crippen LogP contribution in [0.25, 0.3) is 0 Å². The maximum absolute atomic E-state index is 12.7. The molecule has 1 aromatic rings. The van der Waals surface area contributed by atoms with Gasteiger partial charge in [0.05, 0.1) is 18.6 Å². The summed E-state index contributed by atoms with van der Waals surface area (Å²) in [5, 5.41) is 19.9. The molecule has 0 fully saturated rings. The highest BCUT2D eigenvalue weighted by Crippen LogP contribution is 2.29. The standard InChI is InChI=1S/C28H46O5/c1-3-5-6-7-8-9-10-11-12-13-14-15-16-17-18-19-25(30)28-23(21-27(32)33-4-2)20-24(29)22-26(28)31/h20,22,29,31H,3-19,21H2,1-2H3. The number of ketones is 1. The second-order valence-electron chi connectivity index (χ2n) is 9.10. The third-order valence-corrected chi connectivity index (χ3v) is 6.11. The Morgan fingerprint density at radius 2 is 1.21 bits per heavy atom. The minimum absolute atomic E-state index is 0.131. The molecule has 0 amide bonds. The second kappa shape index (κ2) is 18.4. The van der Waals surface area contributed by atoms with E-state index in [2.05, 4.69) is 6.92 Å². The van der Waals surface area contributed by atoms with E-state index >= 15 is 0 Å². The molecule has 0 aliphatic carbocycles. The normalized spacial score (nSPS) is 11.0. The zero-order valence-electron chi connectivity index (χ0n) is 21.0. The lowest BCUT2D eigenvalue weighted by Gasteiger charge is -2.11. The minimum atomic E-state index is -0.483. The maximum Gasteiger partial charge on any atom is 0.310 e. The van der Waals surface area contributed by atoms with Crippen molar-refractivity contribution in [3.05, 3.63) is 23.3 Å². The van der Waals surface area contributed by atoms with Crippen LogP contribution in [-0.2, 0) is 16.0 Å². The van der Waals surface area contributed by atoms with Gasteiger partial charge < -0.3 is 14.9 Å². The van der Waals surface area contributed by atoms with Crippen molar-refractivity contribution in [1.82, 2.24) is 0 Å². The Bertz CT molecular complexity index is 683. The monoisotopic (exact) mass is 462 g/mol. The SMILES string of the molecule is CCCCCCCCCCCCCCCCCC(=O)c1c(O)cc(O)cc1CC(=O)OCC. The predicted octanol–water partition coefficient (Wildman–Crippen LogP) is 7.65. The van der Waals surface area contributed by atoms with Gasteiger partial charge in [0.15, 0.2) is 5.78 Å². The molecule has 5 heteroatoms. The molecule has 0 heterocycles. The van der Waals surface area contributed by atoms with Gasteiger partial charge in [0.2, 0.25) is 0 Å². The highest BCUT2D eigenvalue weighted by atomic mass is 16.5. The van der Waals surface area contributed by atoms with Crippen LogP contribution in [0.2, 0.25) is 0 Å². The lowest BCUT2D eigenvalue weighted by atomic mass is 9.96. The van der Waals surface area contributed by atoms with E-state index in [9.17, 15) is 19.8 Å². The molecule has 2 N–H and O–H groups in total. The number of unbranched alkanes of at least 4 members (excludes halogenated alkanes) is 14. The van der Waals surface area contributed by atoms with Crippen LogP contribution in [0.3, 0.4) is 0 Å². The van der Waals surface area contributed by atoms with Gasteiger partial charge in [0.25, 0.3) is 0 Å². The van der Waals surface area contributed by atoms with E-state index in [-0.39, 0.29) is 35.9 Å². The number of rotatable bonds is 20. The molecule has 1 rings (SSSR count). The number of phenols is 2. The Morgan fingerprint density at radius 1 is 0.727 bits per heavy atom. The first-order valence-electron chi connectivity index (χ1n) is 13.2. The Balaban J connectivity index is 2.18. The first-order chi connectivity index (χ1) is 16.0. The van der Waals surface area contributed by atoms with Gasteiger partial charge in [-0.1, -0.05) is 96.8 Å². The molecular weight excluding hydrogens is 416 g/mol. The first-order valence-corrected chi connectivity index (χ1v) is 13.2. The molecule has 188 valence electrons. The molecule has 33 heavy (non-hydrogen) atoms. The van der Waals surface area contributed by atoms with Crippen LogP contribution in [0.4, 0.5) is 0 Å². The number of carbonyl (C=O) groups excluding carboxylic acids is 2. The molecule has 0 aromatic heterocycles. The summed E-state index contributed by atoms with van der Waals surface area (Å²) in [6.45, 7) is 4.21. The molecule has 0 atom stereocenters. The van der Waals surface area contributed by atoms with Crippen molar-refractivity contribution in [2.24, 2.45) is 0 Å². The van der Waals surface area contributed by atoms with E-state index in [1.54, 1.807) is 6.92 Å². The second-order valence-corrected chi connectivity index (χ2v) is 9.10. The lowest BCUT2D eigenvalue weighted by Crippen LogP contribution is -2.12. The maximum atomic E-state index is 12.7. The number of ether oxygens (including phenoxy) is 1. The fraction of sp³-hybridized carbons (Fsp3) is 0.714. The highest BCUT2D eigenvalue weighted by Gasteiger charge is 2.20. The zero-order valence-corrected chi connectivity index (χ0v) is 21.0. The van der Waals surface area contributed by atoms with Crippen LogP contribution in [0.1, 0.15) is 133 Å². The summed E-state index contributed by atoms with van der Waals surface area (Å²) >= 11 is 0. The van der Waals surface area contributed by atoms with Crippen LogP contribution in [0, 0.1) is 0 Å². The van der Waals surface area contributed by atoms with Gasteiger partial charge >= 0.3 is 5.97 Å². The fourth-order valence-corrected chi connectivity index (χ4v) is 4.28. The van der Waals surface area contributed by atoms with Gasteiger partial charge in [-0.2, -0.15) is 0 Å². The van der Waals surface area contributed by atoms with E-state index < -0.39 is 5.97 Å². The summed E-state index contributed by atoms with van der Waals surface area (Å²) in [6, 6.07) is 2.50. The van der Waals surface area contributed by atoms with E-state index in [4.69, 9.17) is 4.74 Å². The Hall–Kier alpha value is -2.04. The van der Waals surface area contributed by atoms with Gasteiger partial charge in [-0.25, -0.2) is 0 Å². The average Bonchev–Trinajstić information content (AvgIpc) is 2.76. The molecule has 0 aliphatic heterocycles. The van der Waals surface area contributed by atoms with Crippen LogP contribution < -0.4 is 0 Å². The number of hydrogen-bond acceptors (Lipinski definition) is 5. The van der Waals surface area contributed by atoms with Crippen LogP contribution in [0.5, 0.6) is 11.5 Å². The zero-order chi connectivity index (χ0) is 24.3. The Morgan fingerprint density at radius 3 is 1.70 bits per heavy atom. The van der Waals surface area contributed by atoms with E-state index in [0.29, 0.717) is 12.0 Å². The number of Topliss-reactive ketones (excluding diaryl/α,β-unsaturated/α-hetero) is 1. The number of aromatic hydroxyl groups is 2. The molecular formula is C28H46O5. The minimum Gasteiger partial charge on any atom is -0.508 e. The fourth-order valence-electron chi connectivity index (χ4n) is 4.28. The predicted molar refractivity (Wildman–Crippen MR) is 134 cm³/mol. The van der Waals surface area contributed by atoms with Crippen LogP contribution in [-0.4, -0.2) is 28.6 Å². The molecule has 5 nitrogen and oxygen atoms in total. The van der Waals surface area contributed by atoms with Crippen molar-refractivity contribution in [3.63, 3.8) is 0 Å². The van der Waals surface area contributed by atoms with E-state index in [0.717, 1.165) is 25.3 Å². The van der Waals surface area contributed by atoms with Crippen molar-refractivity contribution in [1.29, 1.82) is 0 Å². The molecule has 0 saturated carbocycles. The summed E-state index contributed by atoms with van der Waals surface area (Å²) in [4.78, 5) is 24.5. The molecule has 1 aromatic carbocycles. The summed E-state index contributed by atoms with van der Waals surface area (Å²) in [7, 11) is 0. The van der Waals surface area contributed by atoms with Crippen molar-refractivity contribution >= 4 is 11.8 Å². The molecule has 0 spiro atoms. The van der Waals surface area contributed by atoms with Crippen molar-refractivity contribution in [2.45, 2.75) is 123 Å². The highest BCUT2D eigenvalue weighted by molar-refractivity contribution is 6.01. The molecule has 0 saturated heterocycles. The number of hydrogen-bond donors (Lipinski definition) is 2. The van der Waals surface area contributed by atoms with Gasteiger partial charge in [-0.15, -0.1) is 0 Å². The third-order valence-electron chi connectivity index (χ3n) is 6.11. The van der Waals surface area contributed by atoms with Gasteiger partial charge in [0, 0.05) is 12.5 Å². The smallest absolute Gasteiger partial charge is 0.310 e. The van der Waals surface area contributed by atoms with E-state index in [1.807, 2.05) is 0 Å². The van der Waals surface area contributed by atoms with Gasteiger partial charge in [-0.05, 0) is 25.0 Å². The Kier molecular flexibility index (Phi) is 16.2. The number of phenolic OH excluding ortho intramolecular Hbond substituents is 2. The van der Waals surface area contributed by atoms with E-state index in [1.165, 1.54) is 83.1 Å². The quantitative estimate of drug-likeness (QED) is 0.118. The first kappa shape index (κ1) is 29.0. The topological polar surface area (TPSA) is 83.8 Å². The lowest BCUT2D eigenvalue weighted by molar-refractivity contribution is -0.142. The number of benzene rings is 1. The molecule has 0 bridgehead atoms. The molecule has 0 unspecified atom stereocenters. The average molecular weight is 463 g/mol. The summed E-state index contributed by atoms with van der Waals surface area (Å²) in [5.41, 5.74) is 0.447. The number of esters is 1. The Labute approximate surface area is 200 Å². The van der Waals surface area contributed by atoms with Crippen LogP contribution >= 0.6 is 0 Å².